The molecule has 0 rings (SSSR count). The van der Waals surface area contributed by atoms with Gasteiger partial charge in [-0.15, -0.1) is 0 Å². The van der Waals surface area contributed by atoms with Crippen LogP contribution in [-0.2, 0) is 4.74 Å². The van der Waals surface area contributed by atoms with Crippen LogP contribution in [0.4, 0.5) is 0 Å². The fourth-order valence-electron chi connectivity index (χ4n) is 2.25. The Hall–Kier alpha value is -0.0400. The van der Waals surface area contributed by atoms with E-state index in [0.29, 0.717) is 0 Å². The van der Waals surface area contributed by atoms with Gasteiger partial charge in [0.15, 0.2) is 0 Å². The molecule has 109 valence electrons. The van der Waals surface area contributed by atoms with E-state index >= 15 is 0 Å². The van der Waals surface area contributed by atoms with Gasteiger partial charge < -0.3 is 4.74 Å². The molecule has 18 heavy (non-hydrogen) atoms. The Labute approximate surface area is 116 Å². The zero-order valence-corrected chi connectivity index (χ0v) is 12.7. The molecule has 0 amide bonds. The van der Waals surface area contributed by atoms with Crippen molar-refractivity contribution >= 4 is 0 Å². The standard InChI is InChI=1S/C17H35O/c1-3-5-6-7-8-9-10-11-12-13-14-15-17-18-16-4-2/h2-17H2,1H3. The first-order valence-corrected chi connectivity index (χ1v) is 8.28. The molecule has 0 bridgehead atoms. The van der Waals surface area contributed by atoms with Gasteiger partial charge in [0.2, 0.25) is 0 Å². The van der Waals surface area contributed by atoms with Gasteiger partial charge in [-0.2, -0.15) is 0 Å². The molecule has 1 nitrogen and oxygen atoms in total. The Morgan fingerprint density at radius 1 is 0.611 bits per heavy atom. The average molecular weight is 255 g/mol. The molecule has 0 aromatic heterocycles. The number of unbranched alkanes of at least 4 members (excludes halogenated alkanes) is 11. The van der Waals surface area contributed by atoms with Crippen molar-refractivity contribution in [1.82, 2.24) is 0 Å². The molecule has 0 saturated heterocycles. The van der Waals surface area contributed by atoms with E-state index in [1.54, 1.807) is 0 Å². The van der Waals surface area contributed by atoms with Crippen LogP contribution in [0, 0.1) is 6.92 Å². The van der Waals surface area contributed by atoms with Gasteiger partial charge >= 0.3 is 0 Å². The van der Waals surface area contributed by atoms with Crippen LogP contribution >= 0.6 is 0 Å². The summed E-state index contributed by atoms with van der Waals surface area (Å²) < 4.78 is 5.41. The number of hydrogen-bond donors (Lipinski definition) is 0. The van der Waals surface area contributed by atoms with Crippen molar-refractivity contribution in [2.24, 2.45) is 0 Å². The summed E-state index contributed by atoms with van der Waals surface area (Å²) in [6, 6.07) is 0. The van der Waals surface area contributed by atoms with E-state index in [4.69, 9.17) is 4.74 Å². The van der Waals surface area contributed by atoms with Crippen LogP contribution in [0.15, 0.2) is 0 Å². The molecule has 0 aliphatic heterocycles. The zero-order chi connectivity index (χ0) is 13.3. The topological polar surface area (TPSA) is 9.23 Å². The second-order valence-corrected chi connectivity index (χ2v) is 5.36. The normalized spacial score (nSPS) is 11.0. The SMILES string of the molecule is [CH2]CCOCCCCCCCCCCCCCC. The van der Waals surface area contributed by atoms with E-state index in [9.17, 15) is 0 Å². The predicted octanol–water partition coefficient (Wildman–Crippen LogP) is 5.93. The van der Waals surface area contributed by atoms with Gasteiger partial charge in [0.1, 0.15) is 0 Å². The first-order chi connectivity index (χ1) is 8.91. The molecule has 0 aliphatic rings. The van der Waals surface area contributed by atoms with Crippen molar-refractivity contribution in [2.45, 2.75) is 90.4 Å². The maximum Gasteiger partial charge on any atom is 0.0466 e. The molecular weight excluding hydrogens is 220 g/mol. The highest BCUT2D eigenvalue weighted by atomic mass is 16.5. The Morgan fingerprint density at radius 3 is 1.50 bits per heavy atom. The van der Waals surface area contributed by atoms with Gasteiger partial charge in [0.25, 0.3) is 0 Å². The first-order valence-electron chi connectivity index (χ1n) is 8.28. The molecule has 0 spiro atoms. The fraction of sp³-hybridized carbons (Fsp3) is 0.941. The van der Waals surface area contributed by atoms with E-state index in [1.165, 1.54) is 77.0 Å². The third-order valence-corrected chi connectivity index (χ3v) is 3.43. The molecule has 0 N–H and O–H groups in total. The molecular formula is C17H35O. The van der Waals surface area contributed by atoms with Gasteiger partial charge in [-0.05, 0) is 12.8 Å². The Bertz CT molecular complexity index is 118. The van der Waals surface area contributed by atoms with Crippen molar-refractivity contribution in [3.63, 3.8) is 0 Å². The molecule has 1 radical (unpaired) electrons. The van der Waals surface area contributed by atoms with Crippen LogP contribution in [-0.4, -0.2) is 13.2 Å². The van der Waals surface area contributed by atoms with Crippen molar-refractivity contribution in [3.05, 3.63) is 6.92 Å². The molecule has 0 aromatic carbocycles. The lowest BCUT2D eigenvalue weighted by Gasteiger charge is -2.03. The number of rotatable bonds is 15. The second kappa shape index (κ2) is 17.0. The van der Waals surface area contributed by atoms with E-state index in [0.717, 1.165) is 19.6 Å². The predicted molar refractivity (Wildman–Crippen MR) is 81.9 cm³/mol. The van der Waals surface area contributed by atoms with Crippen LogP contribution in [0.5, 0.6) is 0 Å². The van der Waals surface area contributed by atoms with Gasteiger partial charge in [0, 0.05) is 13.2 Å². The van der Waals surface area contributed by atoms with E-state index < -0.39 is 0 Å². The molecule has 0 fully saturated rings. The van der Waals surface area contributed by atoms with E-state index in [1.807, 2.05) is 0 Å². The Morgan fingerprint density at radius 2 is 1.06 bits per heavy atom. The van der Waals surface area contributed by atoms with Crippen LogP contribution in [0.3, 0.4) is 0 Å². The zero-order valence-electron chi connectivity index (χ0n) is 12.7. The van der Waals surface area contributed by atoms with E-state index in [-0.39, 0.29) is 0 Å². The maximum absolute atomic E-state index is 5.41. The molecule has 0 unspecified atom stereocenters. The minimum absolute atomic E-state index is 0.831. The van der Waals surface area contributed by atoms with E-state index in [2.05, 4.69) is 13.8 Å². The molecule has 0 heterocycles. The minimum Gasteiger partial charge on any atom is -0.381 e. The highest BCUT2D eigenvalue weighted by Gasteiger charge is 1.93. The molecule has 0 atom stereocenters. The van der Waals surface area contributed by atoms with Crippen LogP contribution in [0.2, 0.25) is 0 Å². The first kappa shape index (κ1) is 18.0. The van der Waals surface area contributed by atoms with Gasteiger partial charge in [-0.25, -0.2) is 0 Å². The second-order valence-electron chi connectivity index (χ2n) is 5.36. The lowest BCUT2D eigenvalue weighted by molar-refractivity contribution is 0.134. The molecule has 0 saturated carbocycles. The van der Waals surface area contributed by atoms with Gasteiger partial charge in [-0.1, -0.05) is 84.5 Å². The van der Waals surface area contributed by atoms with Crippen LogP contribution in [0.1, 0.15) is 90.4 Å². The summed E-state index contributed by atoms with van der Waals surface area (Å²) in [5, 5.41) is 0. The Balaban J connectivity index is 2.86. The Kier molecular flexibility index (Phi) is 16.9. The highest BCUT2D eigenvalue weighted by molar-refractivity contribution is 4.48. The van der Waals surface area contributed by atoms with Crippen LogP contribution in [0.25, 0.3) is 0 Å². The van der Waals surface area contributed by atoms with Crippen LogP contribution < -0.4 is 0 Å². The molecule has 0 aromatic rings. The summed E-state index contributed by atoms with van der Waals surface area (Å²) in [4.78, 5) is 0. The monoisotopic (exact) mass is 255 g/mol. The summed E-state index contributed by atoms with van der Waals surface area (Å²) in [6.45, 7) is 7.81. The third-order valence-electron chi connectivity index (χ3n) is 3.43. The smallest absolute Gasteiger partial charge is 0.0466 e. The summed E-state index contributed by atoms with van der Waals surface area (Å²) in [7, 11) is 0. The highest BCUT2D eigenvalue weighted by Crippen LogP contribution is 2.11. The third kappa shape index (κ3) is 16.0. The van der Waals surface area contributed by atoms with Crippen molar-refractivity contribution in [1.29, 1.82) is 0 Å². The molecule has 0 aliphatic carbocycles. The maximum atomic E-state index is 5.41. The summed E-state index contributed by atoms with van der Waals surface area (Å²) in [5.74, 6) is 0. The lowest BCUT2D eigenvalue weighted by Crippen LogP contribution is -1.95. The number of ether oxygens (including phenoxy) is 1. The van der Waals surface area contributed by atoms with Crippen molar-refractivity contribution in [2.75, 3.05) is 13.2 Å². The average Bonchev–Trinajstić information content (AvgIpc) is 2.39. The summed E-state index contributed by atoms with van der Waals surface area (Å²) in [5.41, 5.74) is 0. The molecule has 1 heteroatoms. The fourth-order valence-corrected chi connectivity index (χ4v) is 2.25. The van der Waals surface area contributed by atoms with Crippen molar-refractivity contribution < 1.29 is 4.74 Å². The minimum atomic E-state index is 0.831. The quantitative estimate of drug-likeness (QED) is 0.330. The number of hydrogen-bond acceptors (Lipinski definition) is 1. The van der Waals surface area contributed by atoms with Gasteiger partial charge in [-0.3, -0.25) is 0 Å². The summed E-state index contributed by atoms with van der Waals surface area (Å²) >= 11 is 0. The largest absolute Gasteiger partial charge is 0.381 e. The van der Waals surface area contributed by atoms with Crippen molar-refractivity contribution in [3.8, 4) is 0 Å². The van der Waals surface area contributed by atoms with Gasteiger partial charge in [0.05, 0.1) is 0 Å². The lowest BCUT2D eigenvalue weighted by atomic mass is 10.1. The summed E-state index contributed by atoms with van der Waals surface area (Å²) in [6.07, 6.45) is 17.8.